The normalized spacial score (nSPS) is 16.7. The predicted molar refractivity (Wildman–Crippen MR) is 75.3 cm³/mol. The summed E-state index contributed by atoms with van der Waals surface area (Å²) in [5, 5.41) is 14.0. The van der Waals surface area contributed by atoms with Crippen molar-refractivity contribution in [2.75, 3.05) is 6.54 Å². The highest BCUT2D eigenvalue weighted by Crippen LogP contribution is 2.27. The number of nitriles is 1. The summed E-state index contributed by atoms with van der Waals surface area (Å²) in [5.74, 6) is 1.01. The summed E-state index contributed by atoms with van der Waals surface area (Å²) >= 11 is 1.62. The zero-order valence-corrected chi connectivity index (χ0v) is 11.2. The van der Waals surface area contributed by atoms with E-state index in [4.69, 9.17) is 10.00 Å². The summed E-state index contributed by atoms with van der Waals surface area (Å²) < 4.78 is 5.86. The molecule has 4 heteroatoms. The van der Waals surface area contributed by atoms with Gasteiger partial charge < -0.3 is 10.1 Å². The Morgan fingerprint density at radius 1 is 1.42 bits per heavy atom. The number of hydrogen-bond donors (Lipinski definition) is 1. The molecule has 96 valence electrons. The van der Waals surface area contributed by atoms with Crippen LogP contribution in [0.3, 0.4) is 0 Å². The first kappa shape index (κ1) is 12.2. The van der Waals surface area contributed by atoms with E-state index < -0.39 is 0 Å². The molecule has 0 amide bonds. The molecular formula is C15H14N2OS. The summed E-state index contributed by atoms with van der Waals surface area (Å²) in [6.07, 6.45) is 1.18. The van der Waals surface area contributed by atoms with Gasteiger partial charge in [0.25, 0.3) is 0 Å². The Morgan fingerprint density at radius 2 is 2.32 bits per heavy atom. The second kappa shape index (κ2) is 5.43. The molecule has 3 nitrogen and oxygen atoms in total. The standard InChI is InChI=1S/C15H14N2OS/c16-7-11-5-14(19-10-11)9-17-8-13-6-12-3-1-2-4-15(12)18-13/h1-5,10,13,17H,6,8-9H2. The first-order chi connectivity index (χ1) is 9.35. The van der Waals surface area contributed by atoms with Gasteiger partial charge in [-0.1, -0.05) is 18.2 Å². The van der Waals surface area contributed by atoms with Crippen molar-refractivity contribution >= 4 is 11.3 Å². The lowest BCUT2D eigenvalue weighted by molar-refractivity contribution is 0.227. The van der Waals surface area contributed by atoms with E-state index in [1.54, 1.807) is 11.3 Å². The third kappa shape index (κ3) is 2.78. The van der Waals surface area contributed by atoms with Crippen LogP contribution < -0.4 is 10.1 Å². The van der Waals surface area contributed by atoms with Crippen LogP contribution in [0.25, 0.3) is 0 Å². The number of thiophene rings is 1. The Morgan fingerprint density at radius 3 is 3.11 bits per heavy atom. The number of nitrogens with one attached hydrogen (secondary N) is 1. The van der Waals surface area contributed by atoms with Gasteiger partial charge in [0.2, 0.25) is 0 Å². The minimum atomic E-state index is 0.216. The molecule has 0 radical (unpaired) electrons. The molecular weight excluding hydrogens is 256 g/mol. The maximum Gasteiger partial charge on any atom is 0.123 e. The molecule has 0 aliphatic carbocycles. The molecule has 1 atom stereocenters. The molecule has 0 saturated carbocycles. The van der Waals surface area contributed by atoms with Crippen LogP contribution in [0.2, 0.25) is 0 Å². The largest absolute Gasteiger partial charge is 0.488 e. The fraction of sp³-hybridized carbons (Fsp3) is 0.267. The van der Waals surface area contributed by atoms with Crippen molar-refractivity contribution in [2.45, 2.75) is 19.1 Å². The van der Waals surface area contributed by atoms with Gasteiger partial charge in [0.15, 0.2) is 0 Å². The number of benzene rings is 1. The third-order valence-electron chi connectivity index (χ3n) is 3.17. The van der Waals surface area contributed by atoms with Gasteiger partial charge in [-0.2, -0.15) is 5.26 Å². The first-order valence-corrected chi connectivity index (χ1v) is 7.16. The van der Waals surface area contributed by atoms with Gasteiger partial charge in [0, 0.05) is 29.8 Å². The van der Waals surface area contributed by atoms with Crippen LogP contribution in [0, 0.1) is 11.3 Å². The maximum atomic E-state index is 8.77. The van der Waals surface area contributed by atoms with Crippen LogP contribution >= 0.6 is 11.3 Å². The molecule has 0 fully saturated rings. The molecule has 1 aliphatic rings. The average molecular weight is 270 g/mol. The van der Waals surface area contributed by atoms with E-state index in [1.165, 1.54) is 10.4 Å². The molecule has 2 heterocycles. The fourth-order valence-corrected chi connectivity index (χ4v) is 3.04. The number of nitrogens with zero attached hydrogens (tertiary/aromatic N) is 1. The van der Waals surface area contributed by atoms with Gasteiger partial charge in [0.05, 0.1) is 5.56 Å². The molecule has 2 aromatic rings. The number of ether oxygens (including phenoxy) is 1. The van der Waals surface area contributed by atoms with Crippen molar-refractivity contribution in [3.05, 3.63) is 51.7 Å². The molecule has 1 aliphatic heterocycles. The lowest BCUT2D eigenvalue weighted by Gasteiger charge is -2.11. The Hall–Kier alpha value is -1.83. The van der Waals surface area contributed by atoms with E-state index in [2.05, 4.69) is 17.5 Å². The lowest BCUT2D eigenvalue weighted by atomic mass is 10.1. The van der Waals surface area contributed by atoms with Crippen molar-refractivity contribution in [3.63, 3.8) is 0 Å². The molecule has 0 bridgehead atoms. The van der Waals surface area contributed by atoms with Crippen LogP contribution in [-0.2, 0) is 13.0 Å². The molecule has 3 rings (SSSR count). The Bertz CT molecular complexity index is 590. The molecule has 1 N–H and O–H groups in total. The summed E-state index contributed by atoms with van der Waals surface area (Å²) in [6, 6.07) is 12.3. The van der Waals surface area contributed by atoms with Crippen molar-refractivity contribution in [1.29, 1.82) is 5.26 Å². The van der Waals surface area contributed by atoms with Gasteiger partial charge in [0.1, 0.15) is 17.9 Å². The van der Waals surface area contributed by atoms with Gasteiger partial charge in [-0.05, 0) is 17.7 Å². The van der Waals surface area contributed by atoms with E-state index >= 15 is 0 Å². The van der Waals surface area contributed by atoms with Crippen molar-refractivity contribution < 1.29 is 4.74 Å². The van der Waals surface area contributed by atoms with Crippen molar-refractivity contribution in [3.8, 4) is 11.8 Å². The second-order valence-electron chi connectivity index (χ2n) is 4.60. The average Bonchev–Trinajstić information content (AvgIpc) is 3.04. The summed E-state index contributed by atoms with van der Waals surface area (Å²) in [4.78, 5) is 1.19. The minimum absolute atomic E-state index is 0.216. The number of fused-ring (bicyclic) bond motifs is 1. The quantitative estimate of drug-likeness (QED) is 0.929. The van der Waals surface area contributed by atoms with E-state index in [0.29, 0.717) is 0 Å². The minimum Gasteiger partial charge on any atom is -0.488 e. The van der Waals surface area contributed by atoms with Gasteiger partial charge in [-0.25, -0.2) is 0 Å². The second-order valence-corrected chi connectivity index (χ2v) is 5.59. The zero-order valence-electron chi connectivity index (χ0n) is 10.4. The predicted octanol–water partition coefficient (Wildman–Crippen LogP) is 2.71. The Kier molecular flexibility index (Phi) is 3.49. The van der Waals surface area contributed by atoms with Crippen molar-refractivity contribution in [2.24, 2.45) is 0 Å². The summed E-state index contributed by atoms with van der Waals surface area (Å²) in [5.41, 5.74) is 2.03. The van der Waals surface area contributed by atoms with Crippen LogP contribution in [-0.4, -0.2) is 12.6 Å². The third-order valence-corrected chi connectivity index (χ3v) is 4.10. The molecule has 1 aromatic heterocycles. The van der Waals surface area contributed by atoms with Crippen LogP contribution in [0.1, 0.15) is 16.0 Å². The zero-order chi connectivity index (χ0) is 13.1. The monoisotopic (exact) mass is 270 g/mol. The van der Waals surface area contributed by atoms with E-state index in [1.807, 2.05) is 29.6 Å². The lowest BCUT2D eigenvalue weighted by Crippen LogP contribution is -2.29. The summed E-state index contributed by atoms with van der Waals surface area (Å²) in [7, 11) is 0. The van der Waals surface area contributed by atoms with Crippen LogP contribution in [0.5, 0.6) is 5.75 Å². The highest BCUT2D eigenvalue weighted by Gasteiger charge is 2.21. The molecule has 1 aromatic carbocycles. The first-order valence-electron chi connectivity index (χ1n) is 6.28. The van der Waals surface area contributed by atoms with Crippen LogP contribution in [0.4, 0.5) is 0 Å². The van der Waals surface area contributed by atoms with E-state index in [9.17, 15) is 0 Å². The van der Waals surface area contributed by atoms with Gasteiger partial charge in [-0.3, -0.25) is 0 Å². The maximum absolute atomic E-state index is 8.77. The van der Waals surface area contributed by atoms with Gasteiger partial charge >= 0.3 is 0 Å². The number of rotatable bonds is 4. The van der Waals surface area contributed by atoms with Gasteiger partial charge in [-0.15, -0.1) is 11.3 Å². The number of para-hydroxylation sites is 1. The molecule has 19 heavy (non-hydrogen) atoms. The Balaban J connectivity index is 1.48. The van der Waals surface area contributed by atoms with E-state index in [-0.39, 0.29) is 6.10 Å². The highest BCUT2D eigenvalue weighted by molar-refractivity contribution is 7.10. The van der Waals surface area contributed by atoms with Crippen molar-refractivity contribution in [1.82, 2.24) is 5.32 Å². The smallest absolute Gasteiger partial charge is 0.123 e. The fourth-order valence-electron chi connectivity index (χ4n) is 2.26. The molecule has 1 unspecified atom stereocenters. The molecule has 0 spiro atoms. The molecule has 0 saturated heterocycles. The number of hydrogen-bond acceptors (Lipinski definition) is 4. The summed E-state index contributed by atoms with van der Waals surface area (Å²) in [6.45, 7) is 1.62. The van der Waals surface area contributed by atoms with Crippen LogP contribution in [0.15, 0.2) is 35.7 Å². The highest BCUT2D eigenvalue weighted by atomic mass is 32.1. The Labute approximate surface area is 116 Å². The van der Waals surface area contributed by atoms with E-state index in [0.717, 1.165) is 30.8 Å². The SMILES string of the molecule is N#Cc1csc(CNCC2Cc3ccccc3O2)c1. The topological polar surface area (TPSA) is 45.0 Å².